The lowest BCUT2D eigenvalue weighted by Crippen LogP contribution is -2.48. The molecule has 1 heterocycles. The molecule has 0 aromatic rings. The fraction of sp³-hybridized carbons (Fsp3) is 0.692. The zero-order valence-electron chi connectivity index (χ0n) is 11.2. The molecular formula is C13H24FN3O. The Morgan fingerprint density at radius 3 is 2.50 bits per heavy atom. The van der Waals surface area contributed by atoms with Crippen molar-refractivity contribution in [1.82, 2.24) is 4.90 Å². The largest absolute Gasteiger partial charge is 0.405 e. The number of ether oxygens (including phenoxy) is 1. The third kappa shape index (κ3) is 3.71. The third-order valence-corrected chi connectivity index (χ3v) is 3.70. The molecule has 0 spiro atoms. The van der Waals surface area contributed by atoms with Crippen molar-refractivity contribution in [3.05, 3.63) is 24.0 Å². The predicted molar refractivity (Wildman–Crippen MR) is 71.6 cm³/mol. The average molecular weight is 257 g/mol. The second-order valence-corrected chi connectivity index (χ2v) is 4.79. The molecule has 0 amide bonds. The van der Waals surface area contributed by atoms with E-state index in [2.05, 4.69) is 4.90 Å². The first-order valence-electron chi connectivity index (χ1n) is 6.29. The molecule has 1 aliphatic rings. The molecule has 4 N–H and O–H groups in total. The van der Waals surface area contributed by atoms with Crippen LogP contribution < -0.4 is 11.5 Å². The van der Waals surface area contributed by atoms with Gasteiger partial charge in [0.05, 0.1) is 6.10 Å². The van der Waals surface area contributed by atoms with E-state index in [1.807, 2.05) is 0 Å². The molecule has 0 bridgehead atoms. The number of rotatable bonds is 5. The summed E-state index contributed by atoms with van der Waals surface area (Å²) in [4.78, 5) is 2.18. The Kier molecular flexibility index (Phi) is 5.62. The number of likely N-dealkylation sites (tertiary alicyclic amines) is 1. The van der Waals surface area contributed by atoms with Gasteiger partial charge in [0.25, 0.3) is 0 Å². The Morgan fingerprint density at radius 2 is 2.06 bits per heavy atom. The minimum Gasteiger partial charge on any atom is -0.405 e. The van der Waals surface area contributed by atoms with Gasteiger partial charge in [-0.05, 0) is 43.8 Å². The monoisotopic (exact) mass is 257 g/mol. The molecule has 18 heavy (non-hydrogen) atoms. The summed E-state index contributed by atoms with van der Waals surface area (Å²) in [6, 6.07) is 0. The maximum Gasteiger partial charge on any atom is 0.139 e. The van der Waals surface area contributed by atoms with E-state index >= 15 is 0 Å². The Hall–Kier alpha value is -1.07. The molecule has 1 fully saturated rings. The highest BCUT2D eigenvalue weighted by molar-refractivity contribution is 5.18. The van der Waals surface area contributed by atoms with Crippen molar-refractivity contribution in [3.8, 4) is 0 Å². The lowest BCUT2D eigenvalue weighted by molar-refractivity contribution is -0.0603. The van der Waals surface area contributed by atoms with Gasteiger partial charge in [-0.15, -0.1) is 0 Å². The van der Waals surface area contributed by atoms with Crippen LogP contribution in [0.1, 0.15) is 19.8 Å². The Labute approximate surface area is 108 Å². The van der Waals surface area contributed by atoms with Crippen molar-refractivity contribution >= 4 is 0 Å². The van der Waals surface area contributed by atoms with Gasteiger partial charge in [0.2, 0.25) is 0 Å². The fourth-order valence-electron chi connectivity index (χ4n) is 2.24. The molecule has 104 valence electrons. The van der Waals surface area contributed by atoms with Crippen LogP contribution in [0.2, 0.25) is 0 Å². The highest BCUT2D eigenvalue weighted by atomic mass is 19.1. The SMILES string of the molecule is COC(C)C1(F)CCN(CC(/C=C\N)=C/N)CC1. The minimum absolute atomic E-state index is 0.354. The second-order valence-electron chi connectivity index (χ2n) is 4.79. The minimum atomic E-state index is -1.21. The number of piperidine rings is 1. The van der Waals surface area contributed by atoms with Gasteiger partial charge < -0.3 is 16.2 Å². The van der Waals surface area contributed by atoms with Gasteiger partial charge in [0.15, 0.2) is 0 Å². The van der Waals surface area contributed by atoms with E-state index in [-0.39, 0.29) is 6.10 Å². The molecule has 4 nitrogen and oxygen atoms in total. The first-order chi connectivity index (χ1) is 8.55. The Balaban J connectivity index is 2.49. The predicted octanol–water partition coefficient (Wildman–Crippen LogP) is 1.14. The fourth-order valence-corrected chi connectivity index (χ4v) is 2.24. The highest BCUT2D eigenvalue weighted by Gasteiger charge is 2.39. The van der Waals surface area contributed by atoms with E-state index in [1.165, 1.54) is 6.20 Å². The van der Waals surface area contributed by atoms with Gasteiger partial charge in [0.1, 0.15) is 5.67 Å². The molecule has 1 aliphatic heterocycles. The molecule has 1 unspecified atom stereocenters. The average Bonchev–Trinajstić information content (AvgIpc) is 2.39. The zero-order valence-corrected chi connectivity index (χ0v) is 11.2. The van der Waals surface area contributed by atoms with Crippen LogP contribution in [0.15, 0.2) is 24.0 Å². The topological polar surface area (TPSA) is 64.5 Å². The Bertz CT molecular complexity index is 309. The summed E-state index contributed by atoms with van der Waals surface area (Å²) in [6.07, 6.45) is 5.41. The van der Waals surface area contributed by atoms with E-state index < -0.39 is 5.67 Å². The quantitative estimate of drug-likeness (QED) is 0.725. The summed E-state index contributed by atoms with van der Waals surface area (Å²) in [6.45, 7) is 3.92. The zero-order chi connectivity index (χ0) is 13.6. The smallest absolute Gasteiger partial charge is 0.139 e. The van der Waals surface area contributed by atoms with Crippen LogP contribution in [-0.2, 0) is 4.74 Å². The molecule has 0 aliphatic carbocycles. The summed E-state index contributed by atoms with van der Waals surface area (Å²) in [7, 11) is 1.56. The van der Waals surface area contributed by atoms with Crippen LogP contribution in [0.5, 0.6) is 0 Å². The number of halogens is 1. The van der Waals surface area contributed by atoms with Crippen molar-refractivity contribution in [2.24, 2.45) is 11.5 Å². The molecule has 5 heteroatoms. The van der Waals surface area contributed by atoms with Crippen LogP contribution in [0, 0.1) is 0 Å². The number of nitrogens with two attached hydrogens (primary N) is 2. The van der Waals surface area contributed by atoms with Crippen molar-refractivity contribution < 1.29 is 9.13 Å². The van der Waals surface area contributed by atoms with Crippen molar-refractivity contribution in [1.29, 1.82) is 0 Å². The normalized spacial score (nSPS) is 23.4. The maximum atomic E-state index is 14.5. The number of alkyl halides is 1. The van der Waals surface area contributed by atoms with Crippen LogP contribution in [0.3, 0.4) is 0 Å². The maximum absolute atomic E-state index is 14.5. The molecular weight excluding hydrogens is 233 g/mol. The lowest BCUT2D eigenvalue weighted by atomic mass is 9.88. The first kappa shape index (κ1) is 15.0. The van der Waals surface area contributed by atoms with Gasteiger partial charge in [-0.1, -0.05) is 0 Å². The van der Waals surface area contributed by atoms with Crippen LogP contribution >= 0.6 is 0 Å². The molecule has 0 aromatic heterocycles. The number of methoxy groups -OCH3 is 1. The van der Waals surface area contributed by atoms with E-state index in [4.69, 9.17) is 16.2 Å². The first-order valence-corrected chi connectivity index (χ1v) is 6.29. The Morgan fingerprint density at radius 1 is 1.44 bits per heavy atom. The van der Waals surface area contributed by atoms with Gasteiger partial charge >= 0.3 is 0 Å². The standard InChI is InChI=1S/C13H24FN3O/c1-11(18-2)13(14)4-7-17(8-5-13)10-12(9-16)3-6-15/h3,6,9,11H,4-5,7-8,10,15-16H2,1-2H3/b6-3-,12-9+. The lowest BCUT2D eigenvalue weighted by Gasteiger charge is -2.39. The molecule has 1 rings (SSSR count). The van der Waals surface area contributed by atoms with E-state index in [1.54, 1.807) is 26.3 Å². The van der Waals surface area contributed by atoms with Gasteiger partial charge in [0, 0.05) is 26.7 Å². The second kappa shape index (κ2) is 6.75. The summed E-state index contributed by atoms with van der Waals surface area (Å²) < 4.78 is 19.6. The van der Waals surface area contributed by atoms with Crippen molar-refractivity contribution in [2.75, 3.05) is 26.7 Å². The van der Waals surface area contributed by atoms with Gasteiger partial charge in [-0.3, -0.25) is 4.90 Å². The van der Waals surface area contributed by atoms with Gasteiger partial charge in [-0.2, -0.15) is 0 Å². The molecule has 1 saturated heterocycles. The van der Waals surface area contributed by atoms with E-state index in [0.29, 0.717) is 32.5 Å². The number of hydrogen-bond donors (Lipinski definition) is 2. The highest BCUT2D eigenvalue weighted by Crippen LogP contribution is 2.31. The summed E-state index contributed by atoms with van der Waals surface area (Å²) in [5.74, 6) is 0. The van der Waals surface area contributed by atoms with Crippen LogP contribution in [0.25, 0.3) is 0 Å². The van der Waals surface area contributed by atoms with Gasteiger partial charge in [-0.25, -0.2) is 4.39 Å². The summed E-state index contributed by atoms with van der Waals surface area (Å²) in [5, 5.41) is 0. The molecule has 0 saturated carbocycles. The van der Waals surface area contributed by atoms with Crippen LogP contribution in [0.4, 0.5) is 4.39 Å². The van der Waals surface area contributed by atoms with Crippen molar-refractivity contribution in [3.63, 3.8) is 0 Å². The summed E-state index contributed by atoms with van der Waals surface area (Å²) in [5.41, 5.74) is 10.6. The molecule has 0 radical (unpaired) electrons. The third-order valence-electron chi connectivity index (χ3n) is 3.70. The summed E-state index contributed by atoms with van der Waals surface area (Å²) >= 11 is 0. The van der Waals surface area contributed by atoms with E-state index in [9.17, 15) is 4.39 Å². The van der Waals surface area contributed by atoms with Crippen molar-refractivity contribution in [2.45, 2.75) is 31.5 Å². The van der Waals surface area contributed by atoms with E-state index in [0.717, 1.165) is 5.57 Å². The molecule has 0 aromatic carbocycles. The van der Waals surface area contributed by atoms with Crippen LogP contribution in [-0.4, -0.2) is 43.4 Å². The number of hydrogen-bond acceptors (Lipinski definition) is 4. The number of nitrogens with zero attached hydrogens (tertiary/aromatic N) is 1. The molecule has 1 atom stereocenters.